The Morgan fingerprint density at radius 3 is 1.33 bits per heavy atom. The van der Waals surface area contributed by atoms with Crippen molar-refractivity contribution in [3.05, 3.63) is 97.2 Å². The number of aliphatic hydroxyl groups is 5. The molecule has 0 aliphatic carbocycles. The molecule has 11 nitrogen and oxygen atoms in total. The second-order valence-corrected chi connectivity index (χ2v) is 21.8. The van der Waals surface area contributed by atoms with Crippen LogP contribution >= 0.6 is 0 Å². The van der Waals surface area contributed by atoms with E-state index in [1.807, 2.05) is 6.08 Å². The third-order valence-corrected chi connectivity index (χ3v) is 14.5. The topological polar surface area (TPSA) is 175 Å². The molecule has 0 spiro atoms. The molecule has 1 rings (SSSR count). The van der Waals surface area contributed by atoms with Crippen LogP contribution in [0.2, 0.25) is 0 Å². The lowest BCUT2D eigenvalue weighted by atomic mass is 9.99. The molecule has 1 aliphatic rings. The van der Waals surface area contributed by atoms with Gasteiger partial charge in [-0.15, -0.1) is 0 Å². The SMILES string of the molecule is CCCCC/C=C\C/C=C\C/C=C\C/C=C\CCCCCCCC(=O)OC1C(OCC(NC(=O)C(O)CCCCC/C=C\C/C=C\C/C=C\CCCCC)C(O)/C=C/CCCCCCCCCCCCC)OC(CO)C(O)C1O. The van der Waals surface area contributed by atoms with Gasteiger partial charge in [-0.1, -0.05) is 240 Å². The van der Waals surface area contributed by atoms with Gasteiger partial charge in [0.15, 0.2) is 12.4 Å². The van der Waals surface area contributed by atoms with E-state index >= 15 is 0 Å². The Bertz CT molecular complexity index is 1650. The van der Waals surface area contributed by atoms with E-state index in [0.29, 0.717) is 12.8 Å². The van der Waals surface area contributed by atoms with Crippen molar-refractivity contribution in [1.82, 2.24) is 5.32 Å². The van der Waals surface area contributed by atoms with Gasteiger partial charge in [0.25, 0.3) is 0 Å². The van der Waals surface area contributed by atoms with Crippen LogP contribution in [0.5, 0.6) is 0 Å². The molecule has 6 N–H and O–H groups in total. The Morgan fingerprint density at radius 1 is 0.494 bits per heavy atom. The summed E-state index contributed by atoms with van der Waals surface area (Å²) in [4.78, 5) is 26.6. The number of nitrogens with one attached hydrogen (secondary N) is 1. The van der Waals surface area contributed by atoms with Gasteiger partial charge in [-0.05, 0) is 109 Å². The summed E-state index contributed by atoms with van der Waals surface area (Å²) in [5.74, 6) is -1.24. The fraction of sp³-hybridized carbons (Fsp3) is 0.735. The van der Waals surface area contributed by atoms with Crippen LogP contribution in [0.3, 0.4) is 0 Å². The van der Waals surface area contributed by atoms with Crippen LogP contribution in [0.15, 0.2) is 97.2 Å². The Balaban J connectivity index is 2.71. The fourth-order valence-electron chi connectivity index (χ4n) is 9.35. The van der Waals surface area contributed by atoms with Crippen LogP contribution in [0.1, 0.15) is 258 Å². The standard InChI is InChI=1S/C68H117NO10/c1-4-7-10-13-16-19-22-25-27-29-30-31-32-33-35-38-41-44-47-50-53-56-63(73)79-66-65(75)64(74)62(57-70)78-68(66)77-58-59(60(71)54-51-48-45-42-39-36-24-21-18-15-12-9-6-3)69-67(76)61(72)55-52-49-46-43-40-37-34-28-26-23-20-17-14-11-8-5-2/h16-17,19-20,25-28,30-31,33,35,37,40,51,54,59-62,64-66,68,70-72,74-75H,4-15,18,21-24,29,32,34,36,38-39,41-50,52-53,55-58H2,1-3H3,(H,69,76)/b19-16-,20-17-,27-25-,28-26-,31-30-,35-33-,40-37-,54-51+. The average Bonchev–Trinajstić information content (AvgIpc) is 3.49. The van der Waals surface area contributed by atoms with Crippen LogP contribution in [0, 0.1) is 0 Å². The number of carbonyl (C=O) groups is 2. The van der Waals surface area contributed by atoms with Crippen LogP contribution in [-0.2, 0) is 23.8 Å². The molecule has 0 radical (unpaired) electrons. The molecule has 1 fully saturated rings. The first-order valence-corrected chi connectivity index (χ1v) is 32.0. The van der Waals surface area contributed by atoms with Crippen LogP contribution in [0.25, 0.3) is 0 Å². The number of amides is 1. The van der Waals surface area contributed by atoms with E-state index < -0.39 is 67.4 Å². The molecule has 0 bridgehead atoms. The minimum Gasteiger partial charge on any atom is -0.454 e. The summed E-state index contributed by atoms with van der Waals surface area (Å²) in [6.07, 6.45) is 62.9. The predicted molar refractivity (Wildman–Crippen MR) is 329 cm³/mol. The number of hydrogen-bond acceptors (Lipinski definition) is 10. The molecule has 0 aromatic heterocycles. The Labute approximate surface area is 482 Å². The highest BCUT2D eigenvalue weighted by atomic mass is 16.7. The lowest BCUT2D eigenvalue weighted by Gasteiger charge is -2.41. The lowest BCUT2D eigenvalue weighted by Crippen LogP contribution is -2.61. The van der Waals surface area contributed by atoms with Gasteiger partial charge >= 0.3 is 5.97 Å². The zero-order valence-corrected chi connectivity index (χ0v) is 50.2. The van der Waals surface area contributed by atoms with Crippen LogP contribution in [0.4, 0.5) is 0 Å². The zero-order chi connectivity index (χ0) is 57.5. The molecule has 8 unspecified atom stereocenters. The van der Waals surface area contributed by atoms with Gasteiger partial charge in [-0.3, -0.25) is 9.59 Å². The first-order chi connectivity index (χ1) is 38.7. The summed E-state index contributed by atoms with van der Waals surface area (Å²) in [7, 11) is 0. The Morgan fingerprint density at radius 2 is 0.873 bits per heavy atom. The molecule has 0 saturated carbocycles. The van der Waals surface area contributed by atoms with Crippen molar-refractivity contribution < 1.29 is 49.3 Å². The highest BCUT2D eigenvalue weighted by Gasteiger charge is 2.47. The van der Waals surface area contributed by atoms with Crippen LogP contribution in [-0.4, -0.2) is 99.6 Å². The number of rotatable bonds is 53. The van der Waals surface area contributed by atoms with Gasteiger partial charge in [0, 0.05) is 6.42 Å². The minimum absolute atomic E-state index is 0.0950. The number of allylic oxidation sites excluding steroid dienone is 15. The highest BCUT2D eigenvalue weighted by Crippen LogP contribution is 2.26. The van der Waals surface area contributed by atoms with Crippen molar-refractivity contribution in [3.8, 4) is 0 Å². The molecule has 1 amide bonds. The number of ether oxygens (including phenoxy) is 3. The molecule has 8 atom stereocenters. The average molecular weight is 1110 g/mol. The molecule has 1 aliphatic heterocycles. The highest BCUT2D eigenvalue weighted by molar-refractivity contribution is 5.80. The largest absolute Gasteiger partial charge is 0.454 e. The normalized spacial score (nSPS) is 19.5. The second-order valence-electron chi connectivity index (χ2n) is 21.8. The maximum atomic E-state index is 13.4. The van der Waals surface area contributed by atoms with E-state index in [1.54, 1.807) is 6.08 Å². The van der Waals surface area contributed by atoms with Gasteiger partial charge < -0.3 is 45.1 Å². The zero-order valence-electron chi connectivity index (χ0n) is 50.2. The van der Waals surface area contributed by atoms with E-state index in [2.05, 4.69) is 111 Å². The third-order valence-electron chi connectivity index (χ3n) is 14.5. The molecule has 1 heterocycles. The monoisotopic (exact) mass is 1110 g/mol. The summed E-state index contributed by atoms with van der Waals surface area (Å²) in [5.41, 5.74) is 0. The van der Waals surface area contributed by atoms with Gasteiger partial charge in [0.05, 0.1) is 25.4 Å². The Kier molecular flexibility index (Phi) is 51.4. The van der Waals surface area contributed by atoms with Gasteiger partial charge in [-0.2, -0.15) is 0 Å². The lowest BCUT2D eigenvalue weighted by molar-refractivity contribution is -0.305. The first-order valence-electron chi connectivity index (χ1n) is 32.0. The van der Waals surface area contributed by atoms with E-state index in [0.717, 1.165) is 116 Å². The molecular formula is C68H117NO10. The van der Waals surface area contributed by atoms with E-state index in [4.69, 9.17) is 14.2 Å². The van der Waals surface area contributed by atoms with Crippen molar-refractivity contribution in [2.24, 2.45) is 0 Å². The van der Waals surface area contributed by atoms with Gasteiger partial charge in [0.2, 0.25) is 5.91 Å². The fourth-order valence-corrected chi connectivity index (χ4v) is 9.35. The molecule has 454 valence electrons. The number of hydrogen-bond donors (Lipinski definition) is 6. The maximum Gasteiger partial charge on any atom is 0.306 e. The number of aliphatic hydroxyl groups excluding tert-OH is 5. The van der Waals surface area contributed by atoms with E-state index in [-0.39, 0.29) is 19.4 Å². The Hall–Kier alpha value is -3.42. The molecule has 79 heavy (non-hydrogen) atoms. The molecule has 11 heteroatoms. The molecular weight excluding hydrogens is 991 g/mol. The summed E-state index contributed by atoms with van der Waals surface area (Å²) in [5, 5.41) is 57.0. The van der Waals surface area contributed by atoms with Crippen molar-refractivity contribution in [2.45, 2.75) is 307 Å². The third kappa shape index (κ3) is 43.0. The van der Waals surface area contributed by atoms with E-state index in [1.165, 1.54) is 96.3 Å². The summed E-state index contributed by atoms with van der Waals surface area (Å²) in [6, 6.07) is -1.05. The summed E-state index contributed by atoms with van der Waals surface area (Å²) in [6.45, 7) is 5.71. The number of esters is 1. The second kappa shape index (κ2) is 55.1. The smallest absolute Gasteiger partial charge is 0.306 e. The quantitative estimate of drug-likeness (QED) is 0.0195. The molecule has 1 saturated heterocycles. The van der Waals surface area contributed by atoms with Gasteiger partial charge in [0.1, 0.15) is 24.4 Å². The first kappa shape index (κ1) is 73.6. The van der Waals surface area contributed by atoms with Gasteiger partial charge in [-0.25, -0.2) is 0 Å². The van der Waals surface area contributed by atoms with Crippen molar-refractivity contribution in [3.63, 3.8) is 0 Å². The maximum absolute atomic E-state index is 13.4. The number of unbranched alkanes of at least 4 members (excludes halogenated alkanes) is 25. The molecule has 0 aromatic rings. The van der Waals surface area contributed by atoms with Crippen molar-refractivity contribution in [1.29, 1.82) is 0 Å². The van der Waals surface area contributed by atoms with Crippen LogP contribution < -0.4 is 5.32 Å². The predicted octanol–water partition coefficient (Wildman–Crippen LogP) is 15.5. The summed E-state index contributed by atoms with van der Waals surface area (Å²) >= 11 is 0. The molecule has 0 aromatic carbocycles. The number of carbonyl (C=O) groups excluding carboxylic acids is 2. The minimum atomic E-state index is -1.63. The summed E-state index contributed by atoms with van der Waals surface area (Å²) < 4.78 is 17.6. The van der Waals surface area contributed by atoms with Crippen molar-refractivity contribution in [2.75, 3.05) is 13.2 Å². The van der Waals surface area contributed by atoms with Crippen molar-refractivity contribution >= 4 is 11.9 Å². The van der Waals surface area contributed by atoms with E-state index in [9.17, 15) is 35.1 Å².